The maximum Gasteiger partial charge on any atom is 0.245 e. The van der Waals surface area contributed by atoms with Gasteiger partial charge < -0.3 is 14.5 Å². The number of anilines is 1. The maximum atomic E-state index is 12.1. The molecule has 39 heavy (non-hydrogen) atoms. The summed E-state index contributed by atoms with van der Waals surface area (Å²) in [5, 5.41) is 18.7. The van der Waals surface area contributed by atoms with Gasteiger partial charge in [0.15, 0.2) is 0 Å². The monoisotopic (exact) mass is 518 g/mol. The Balaban J connectivity index is 1.36. The Kier molecular flexibility index (Phi) is 6.27. The number of benzene rings is 2. The van der Waals surface area contributed by atoms with Gasteiger partial charge in [0.1, 0.15) is 18.4 Å². The lowest BCUT2D eigenvalue weighted by Crippen LogP contribution is -2.61. The first-order valence-electron chi connectivity index (χ1n) is 13.2. The van der Waals surface area contributed by atoms with E-state index in [0.717, 1.165) is 78.0 Å². The van der Waals surface area contributed by atoms with Gasteiger partial charge in [0.2, 0.25) is 5.91 Å². The van der Waals surface area contributed by atoms with Crippen molar-refractivity contribution in [1.82, 2.24) is 20.1 Å². The van der Waals surface area contributed by atoms with Gasteiger partial charge in [0.25, 0.3) is 0 Å². The molecule has 8 heteroatoms. The Morgan fingerprint density at radius 1 is 1.23 bits per heavy atom. The number of likely N-dealkylation sites (tertiary alicyclic amines) is 1. The first-order chi connectivity index (χ1) is 19.0. The topological polar surface area (TPSA) is 98.1 Å². The Morgan fingerprint density at radius 3 is 2.77 bits per heavy atom. The molecular formula is C31H30N6O2. The molecule has 1 spiro atoms. The second-order valence-corrected chi connectivity index (χ2v) is 10.6. The number of aromatic amines is 1. The first kappa shape index (κ1) is 24.7. The fraction of sp³-hybridized carbons (Fsp3) is 0.290. The molecule has 1 amide bonds. The summed E-state index contributed by atoms with van der Waals surface area (Å²) in [6, 6.07) is 16.3. The molecule has 6 rings (SSSR count). The van der Waals surface area contributed by atoms with E-state index in [0.29, 0.717) is 17.9 Å². The molecule has 2 aromatic heterocycles. The Hall–Kier alpha value is -4.64. The number of fused-ring (bicyclic) bond motifs is 1. The normalized spacial score (nSPS) is 16.1. The summed E-state index contributed by atoms with van der Waals surface area (Å²) in [6.07, 6.45) is 6.86. The van der Waals surface area contributed by atoms with Crippen molar-refractivity contribution in [2.75, 3.05) is 31.1 Å². The molecule has 0 saturated carbocycles. The van der Waals surface area contributed by atoms with Crippen LogP contribution in [0.15, 0.2) is 67.5 Å². The molecule has 2 aromatic carbocycles. The highest BCUT2D eigenvalue weighted by Crippen LogP contribution is 2.47. The van der Waals surface area contributed by atoms with Crippen LogP contribution < -0.4 is 9.64 Å². The molecule has 2 aliphatic heterocycles. The number of aryl methyl sites for hydroxylation is 1. The molecular weight excluding hydrogens is 488 g/mol. The van der Waals surface area contributed by atoms with E-state index >= 15 is 0 Å². The minimum atomic E-state index is -0.000939. The lowest BCUT2D eigenvalue weighted by Gasteiger charge is -2.55. The minimum Gasteiger partial charge on any atom is -0.487 e. The van der Waals surface area contributed by atoms with Crippen LogP contribution in [0.5, 0.6) is 5.75 Å². The number of H-pyrrole nitrogens is 1. The molecule has 2 aliphatic rings. The van der Waals surface area contributed by atoms with E-state index in [1.54, 1.807) is 6.20 Å². The Morgan fingerprint density at radius 2 is 2.05 bits per heavy atom. The molecule has 1 N–H and O–H groups in total. The van der Waals surface area contributed by atoms with Crippen LogP contribution in [0.25, 0.3) is 22.0 Å². The Bertz CT molecular complexity index is 1590. The summed E-state index contributed by atoms with van der Waals surface area (Å²) in [5.41, 5.74) is 6.29. The fourth-order valence-corrected chi connectivity index (χ4v) is 5.95. The van der Waals surface area contributed by atoms with Gasteiger partial charge in [-0.05, 0) is 61.2 Å². The quantitative estimate of drug-likeness (QED) is 0.361. The third-order valence-electron chi connectivity index (χ3n) is 8.12. The SMILES string of the molecule is C=CC(=O)N1CCC2(CC1)CN(c1cc(OCc3ccccn3)cc(-c3c(C)ccc4[nH]ncc34)c1C#N)C2. The predicted octanol–water partition coefficient (Wildman–Crippen LogP) is 5.00. The highest BCUT2D eigenvalue weighted by Gasteiger charge is 2.46. The van der Waals surface area contributed by atoms with Crippen molar-refractivity contribution in [1.29, 1.82) is 5.26 Å². The van der Waals surface area contributed by atoms with E-state index in [1.807, 2.05) is 47.5 Å². The molecule has 4 heterocycles. The third kappa shape index (κ3) is 4.50. The summed E-state index contributed by atoms with van der Waals surface area (Å²) in [4.78, 5) is 20.6. The van der Waals surface area contributed by atoms with E-state index in [1.165, 1.54) is 6.08 Å². The third-order valence-corrected chi connectivity index (χ3v) is 8.12. The number of hydrogen-bond donors (Lipinski definition) is 1. The van der Waals surface area contributed by atoms with Gasteiger partial charge in [-0.15, -0.1) is 0 Å². The van der Waals surface area contributed by atoms with Crippen LogP contribution in [0.1, 0.15) is 29.7 Å². The number of hydrogen-bond acceptors (Lipinski definition) is 6. The molecule has 4 aromatic rings. The number of nitriles is 1. The average Bonchev–Trinajstić information content (AvgIpc) is 3.43. The lowest BCUT2D eigenvalue weighted by atomic mass is 9.71. The van der Waals surface area contributed by atoms with Gasteiger partial charge in [-0.1, -0.05) is 18.7 Å². The number of nitrogens with one attached hydrogen (secondary N) is 1. The highest BCUT2D eigenvalue weighted by atomic mass is 16.5. The molecule has 0 unspecified atom stereocenters. The number of carbonyl (C=O) groups excluding carboxylic acids is 1. The summed E-state index contributed by atoms with van der Waals surface area (Å²) in [6.45, 7) is 9.18. The predicted molar refractivity (Wildman–Crippen MR) is 150 cm³/mol. The van der Waals surface area contributed by atoms with E-state index < -0.39 is 0 Å². The number of nitrogens with zero attached hydrogens (tertiary/aromatic N) is 5. The van der Waals surface area contributed by atoms with Crippen molar-refractivity contribution in [3.63, 3.8) is 0 Å². The zero-order valence-electron chi connectivity index (χ0n) is 22.0. The van der Waals surface area contributed by atoms with Crippen LogP contribution in [0, 0.1) is 23.7 Å². The number of aromatic nitrogens is 3. The number of carbonyl (C=O) groups is 1. The van der Waals surface area contributed by atoms with Gasteiger partial charge >= 0.3 is 0 Å². The van der Waals surface area contributed by atoms with E-state index in [-0.39, 0.29) is 11.3 Å². The number of ether oxygens (including phenoxy) is 1. The number of amides is 1. The summed E-state index contributed by atoms with van der Waals surface area (Å²) < 4.78 is 6.26. The standard InChI is InChI=1S/C31H30N6O2/c1-3-29(38)36-12-9-31(10-13-36)19-37(20-31)28-15-23(39-18-22-6-4-5-11-33-22)14-24(25(28)16-32)30-21(2)7-8-27-26(30)17-34-35-27/h3-8,11,14-15,17H,1,9-10,12-13,18-20H2,2H3,(H,34,35). The highest BCUT2D eigenvalue weighted by molar-refractivity contribution is 5.99. The lowest BCUT2D eigenvalue weighted by molar-refractivity contribution is -0.128. The number of piperidine rings is 1. The van der Waals surface area contributed by atoms with Crippen molar-refractivity contribution in [3.8, 4) is 22.9 Å². The van der Waals surface area contributed by atoms with Gasteiger partial charge in [-0.25, -0.2) is 0 Å². The van der Waals surface area contributed by atoms with Crippen molar-refractivity contribution < 1.29 is 9.53 Å². The smallest absolute Gasteiger partial charge is 0.245 e. The molecule has 0 bridgehead atoms. The van der Waals surface area contributed by atoms with E-state index in [9.17, 15) is 10.1 Å². The van der Waals surface area contributed by atoms with Crippen LogP contribution in [0.4, 0.5) is 5.69 Å². The van der Waals surface area contributed by atoms with Crippen molar-refractivity contribution in [2.24, 2.45) is 5.41 Å². The van der Waals surface area contributed by atoms with Gasteiger partial charge in [0, 0.05) is 54.8 Å². The molecule has 2 fully saturated rings. The van der Waals surface area contributed by atoms with Crippen LogP contribution in [-0.2, 0) is 11.4 Å². The molecule has 196 valence electrons. The second-order valence-electron chi connectivity index (χ2n) is 10.6. The largest absolute Gasteiger partial charge is 0.487 e. The summed E-state index contributed by atoms with van der Waals surface area (Å²) >= 11 is 0. The summed E-state index contributed by atoms with van der Waals surface area (Å²) in [7, 11) is 0. The average molecular weight is 519 g/mol. The number of pyridine rings is 1. The van der Waals surface area contributed by atoms with Crippen molar-refractivity contribution >= 4 is 22.5 Å². The zero-order chi connectivity index (χ0) is 27.0. The maximum absolute atomic E-state index is 12.1. The van der Waals surface area contributed by atoms with Crippen LogP contribution in [0.2, 0.25) is 0 Å². The van der Waals surface area contributed by atoms with Crippen LogP contribution in [-0.4, -0.2) is 52.2 Å². The van der Waals surface area contributed by atoms with E-state index in [2.05, 4.69) is 45.7 Å². The van der Waals surface area contributed by atoms with Crippen molar-refractivity contribution in [3.05, 3.63) is 84.3 Å². The summed E-state index contributed by atoms with van der Waals surface area (Å²) in [5.74, 6) is 0.691. The second kappa shape index (κ2) is 9.91. The van der Waals surface area contributed by atoms with Crippen LogP contribution >= 0.6 is 0 Å². The zero-order valence-corrected chi connectivity index (χ0v) is 22.0. The molecule has 8 nitrogen and oxygen atoms in total. The molecule has 2 saturated heterocycles. The fourth-order valence-electron chi connectivity index (χ4n) is 5.95. The molecule has 0 aliphatic carbocycles. The van der Waals surface area contributed by atoms with Gasteiger partial charge in [-0.3, -0.25) is 14.9 Å². The van der Waals surface area contributed by atoms with Crippen molar-refractivity contribution in [2.45, 2.75) is 26.4 Å². The van der Waals surface area contributed by atoms with Crippen LogP contribution in [0.3, 0.4) is 0 Å². The van der Waals surface area contributed by atoms with Gasteiger partial charge in [0.05, 0.1) is 28.7 Å². The Labute approximate surface area is 227 Å². The van der Waals surface area contributed by atoms with E-state index in [4.69, 9.17) is 4.74 Å². The van der Waals surface area contributed by atoms with Gasteiger partial charge in [-0.2, -0.15) is 10.4 Å². The number of rotatable bonds is 6. The first-order valence-corrected chi connectivity index (χ1v) is 13.2. The molecule has 0 radical (unpaired) electrons. The minimum absolute atomic E-state index is 0.000939. The molecule has 0 atom stereocenters.